The van der Waals surface area contributed by atoms with E-state index >= 15 is 0 Å². The molecule has 3 aliphatic carbocycles. The summed E-state index contributed by atoms with van der Waals surface area (Å²) in [7, 11) is 1.39. The molecule has 5 heteroatoms. The average Bonchev–Trinajstić information content (AvgIpc) is 3.26. The third kappa shape index (κ3) is 5.15. The molecule has 0 aliphatic heterocycles. The normalized spacial score (nSPS) is 28.0. The number of fused-ring (bicyclic) bond motifs is 5. The Hall–Kier alpha value is -2.82. The van der Waals surface area contributed by atoms with Gasteiger partial charge in [-0.05, 0) is 104 Å². The van der Waals surface area contributed by atoms with Gasteiger partial charge in [0.25, 0.3) is 0 Å². The number of aryl methyl sites for hydroxylation is 1. The van der Waals surface area contributed by atoms with Crippen molar-refractivity contribution in [3.05, 3.63) is 64.7 Å². The summed E-state index contributed by atoms with van der Waals surface area (Å²) in [4.78, 5) is 24.0. The molecule has 5 atom stereocenters. The van der Waals surface area contributed by atoms with Gasteiger partial charge in [-0.15, -0.1) is 0 Å². The molecule has 2 fully saturated rings. The Kier molecular flexibility index (Phi) is 7.60. The number of hydrogen-bond donors (Lipinski definition) is 0. The smallest absolute Gasteiger partial charge is 0.337 e. The quantitative estimate of drug-likeness (QED) is 0.362. The maximum atomic E-state index is 12.4. The van der Waals surface area contributed by atoms with Gasteiger partial charge in [-0.1, -0.05) is 38.5 Å². The number of methoxy groups -OCH3 is 1. The SMILES string of the molecule is CCCCC(=O)O[C@@H]1CC[C@H]2[C@H]3CCc4cc(OCc5ccc(C(=O)OC)cc5)ccc4[C@@H]3CC[C@]12C. The van der Waals surface area contributed by atoms with Crippen molar-refractivity contribution in [1.82, 2.24) is 0 Å². The van der Waals surface area contributed by atoms with Gasteiger partial charge in [-0.2, -0.15) is 0 Å². The van der Waals surface area contributed by atoms with Crippen LogP contribution in [0.3, 0.4) is 0 Å². The zero-order valence-corrected chi connectivity index (χ0v) is 22.5. The van der Waals surface area contributed by atoms with E-state index in [2.05, 4.69) is 32.0 Å². The summed E-state index contributed by atoms with van der Waals surface area (Å²) in [5.41, 5.74) is 4.59. The van der Waals surface area contributed by atoms with Gasteiger partial charge in [0.1, 0.15) is 18.5 Å². The topological polar surface area (TPSA) is 61.8 Å². The van der Waals surface area contributed by atoms with Crippen LogP contribution >= 0.6 is 0 Å². The molecule has 0 spiro atoms. The first-order valence-corrected chi connectivity index (χ1v) is 14.0. The summed E-state index contributed by atoms with van der Waals surface area (Å²) in [5, 5.41) is 0. The minimum absolute atomic E-state index is 0.00299. The lowest BCUT2D eigenvalue weighted by molar-refractivity contribution is -0.157. The summed E-state index contributed by atoms with van der Waals surface area (Å²) in [6.45, 7) is 4.97. The van der Waals surface area contributed by atoms with E-state index < -0.39 is 0 Å². The molecule has 0 heterocycles. The minimum Gasteiger partial charge on any atom is -0.489 e. The molecular weight excluding hydrogens is 464 g/mol. The first-order valence-electron chi connectivity index (χ1n) is 14.0. The molecule has 198 valence electrons. The lowest BCUT2D eigenvalue weighted by Gasteiger charge is -2.50. The van der Waals surface area contributed by atoms with Crippen LogP contribution in [0.5, 0.6) is 5.75 Å². The lowest BCUT2D eigenvalue weighted by atomic mass is 9.55. The second-order valence-corrected chi connectivity index (χ2v) is 11.5. The van der Waals surface area contributed by atoms with Gasteiger partial charge in [0.15, 0.2) is 0 Å². The Morgan fingerprint density at radius 3 is 2.59 bits per heavy atom. The van der Waals surface area contributed by atoms with E-state index in [1.807, 2.05) is 12.1 Å². The zero-order valence-electron chi connectivity index (χ0n) is 22.5. The zero-order chi connectivity index (χ0) is 26.0. The Balaban J connectivity index is 1.23. The van der Waals surface area contributed by atoms with E-state index in [-0.39, 0.29) is 23.5 Å². The van der Waals surface area contributed by atoms with Gasteiger partial charge >= 0.3 is 11.9 Å². The van der Waals surface area contributed by atoms with Crippen LogP contribution in [0.25, 0.3) is 0 Å². The van der Waals surface area contributed by atoms with Crippen LogP contribution in [0.1, 0.15) is 98.2 Å². The molecule has 0 radical (unpaired) electrons. The third-order valence-corrected chi connectivity index (χ3v) is 9.40. The summed E-state index contributed by atoms with van der Waals surface area (Å²) < 4.78 is 16.9. The molecule has 0 amide bonds. The van der Waals surface area contributed by atoms with Crippen LogP contribution in [-0.4, -0.2) is 25.2 Å². The summed E-state index contributed by atoms with van der Waals surface area (Å²) in [6.07, 6.45) is 9.35. The molecule has 2 aromatic carbocycles. The molecule has 0 aromatic heterocycles. The molecule has 2 saturated carbocycles. The number of unbranched alkanes of at least 4 members (excludes halogenated alkanes) is 1. The largest absolute Gasteiger partial charge is 0.489 e. The lowest BCUT2D eigenvalue weighted by Crippen LogP contribution is -2.45. The highest BCUT2D eigenvalue weighted by Crippen LogP contribution is 2.61. The molecule has 0 unspecified atom stereocenters. The highest BCUT2D eigenvalue weighted by molar-refractivity contribution is 5.89. The van der Waals surface area contributed by atoms with Crippen molar-refractivity contribution >= 4 is 11.9 Å². The van der Waals surface area contributed by atoms with E-state index in [9.17, 15) is 9.59 Å². The Morgan fingerprint density at radius 2 is 1.84 bits per heavy atom. The Bertz CT molecular complexity index is 1120. The highest BCUT2D eigenvalue weighted by atomic mass is 16.5. The first kappa shape index (κ1) is 25.8. The van der Waals surface area contributed by atoms with E-state index in [4.69, 9.17) is 14.2 Å². The van der Waals surface area contributed by atoms with Crippen LogP contribution in [0.15, 0.2) is 42.5 Å². The predicted octanol–water partition coefficient (Wildman–Crippen LogP) is 7.01. The molecular formula is C32H40O5. The minimum atomic E-state index is -0.329. The molecule has 0 bridgehead atoms. The molecule has 3 aliphatic rings. The maximum Gasteiger partial charge on any atom is 0.337 e. The van der Waals surface area contributed by atoms with Crippen molar-refractivity contribution in [3.63, 3.8) is 0 Å². The number of benzene rings is 2. The molecule has 2 aromatic rings. The van der Waals surface area contributed by atoms with Crippen LogP contribution in [-0.2, 0) is 27.3 Å². The third-order valence-electron chi connectivity index (χ3n) is 9.40. The monoisotopic (exact) mass is 504 g/mol. The number of hydrogen-bond acceptors (Lipinski definition) is 5. The number of carbonyl (C=O) groups excluding carboxylic acids is 2. The van der Waals surface area contributed by atoms with Crippen LogP contribution in [0, 0.1) is 17.3 Å². The number of rotatable bonds is 8. The fraction of sp³-hybridized carbons (Fsp3) is 0.562. The summed E-state index contributed by atoms with van der Waals surface area (Å²) in [6, 6.07) is 14.0. The molecule has 37 heavy (non-hydrogen) atoms. The maximum absolute atomic E-state index is 12.4. The average molecular weight is 505 g/mol. The number of carbonyl (C=O) groups is 2. The predicted molar refractivity (Wildman–Crippen MR) is 143 cm³/mol. The Labute approximate surface area is 220 Å². The molecule has 5 nitrogen and oxygen atoms in total. The second-order valence-electron chi connectivity index (χ2n) is 11.5. The number of ether oxygens (including phenoxy) is 3. The van der Waals surface area contributed by atoms with E-state index in [1.54, 1.807) is 12.1 Å². The van der Waals surface area contributed by atoms with Gasteiger partial charge < -0.3 is 14.2 Å². The van der Waals surface area contributed by atoms with Gasteiger partial charge in [0.2, 0.25) is 0 Å². The highest BCUT2D eigenvalue weighted by Gasteiger charge is 2.56. The molecule has 0 saturated heterocycles. The molecule has 5 rings (SSSR count). The van der Waals surface area contributed by atoms with Crippen LogP contribution in [0.4, 0.5) is 0 Å². The van der Waals surface area contributed by atoms with Gasteiger partial charge in [0.05, 0.1) is 12.7 Å². The summed E-state index contributed by atoms with van der Waals surface area (Å²) >= 11 is 0. The summed E-state index contributed by atoms with van der Waals surface area (Å²) in [5.74, 6) is 2.46. The fourth-order valence-corrected chi connectivity index (χ4v) is 7.35. The molecule has 0 N–H and O–H groups in total. The van der Waals surface area contributed by atoms with Gasteiger partial charge in [-0.25, -0.2) is 4.79 Å². The van der Waals surface area contributed by atoms with Gasteiger partial charge in [0, 0.05) is 11.8 Å². The van der Waals surface area contributed by atoms with E-state index in [0.717, 1.165) is 43.4 Å². The first-order chi connectivity index (χ1) is 17.9. The van der Waals surface area contributed by atoms with Crippen molar-refractivity contribution < 1.29 is 23.8 Å². The van der Waals surface area contributed by atoms with Gasteiger partial charge in [-0.3, -0.25) is 4.79 Å². The van der Waals surface area contributed by atoms with Crippen molar-refractivity contribution in [3.8, 4) is 5.75 Å². The van der Waals surface area contributed by atoms with Crippen molar-refractivity contribution in [2.75, 3.05) is 7.11 Å². The van der Waals surface area contributed by atoms with Crippen molar-refractivity contribution in [1.29, 1.82) is 0 Å². The van der Waals surface area contributed by atoms with Crippen molar-refractivity contribution in [2.24, 2.45) is 17.3 Å². The fourth-order valence-electron chi connectivity index (χ4n) is 7.35. The second kappa shape index (κ2) is 10.9. The van der Waals surface area contributed by atoms with Crippen molar-refractivity contribution in [2.45, 2.75) is 90.3 Å². The van der Waals surface area contributed by atoms with Crippen LogP contribution < -0.4 is 4.74 Å². The van der Waals surface area contributed by atoms with Crippen LogP contribution in [0.2, 0.25) is 0 Å². The number of esters is 2. The van der Waals surface area contributed by atoms with E-state index in [1.165, 1.54) is 37.5 Å². The standard InChI is InChI=1S/C32H40O5/c1-4-5-6-30(33)37-29-16-15-28-27-13-11-23-19-24(12-14-25(23)26(27)17-18-32(28,29)2)36-20-21-7-9-22(10-8-21)31(34)35-3/h7-10,12,14,19,26-29H,4-6,11,13,15-18,20H2,1-3H3/t26-,27-,28-,29+,32-/m0/s1. The van der Waals surface area contributed by atoms with E-state index in [0.29, 0.717) is 36.3 Å². The Morgan fingerprint density at radius 1 is 1.03 bits per heavy atom.